The highest BCUT2D eigenvalue weighted by atomic mass is 35.5. The van der Waals surface area contributed by atoms with E-state index in [2.05, 4.69) is 6.08 Å². The van der Waals surface area contributed by atoms with Gasteiger partial charge in [-0.05, 0) is 43.9 Å². The highest BCUT2D eigenvalue weighted by molar-refractivity contribution is 6.29. The van der Waals surface area contributed by atoms with Crippen LogP contribution >= 0.6 is 11.6 Å². The van der Waals surface area contributed by atoms with E-state index in [1.54, 1.807) is 0 Å². The third-order valence-electron chi connectivity index (χ3n) is 4.60. The monoisotopic (exact) mass is 254 g/mol. The third-order valence-corrected chi connectivity index (χ3v) is 4.92. The molecule has 2 aliphatic carbocycles. The van der Waals surface area contributed by atoms with Crippen molar-refractivity contribution >= 4 is 11.6 Å². The van der Waals surface area contributed by atoms with Crippen molar-refractivity contribution in [3.05, 3.63) is 11.1 Å². The van der Waals surface area contributed by atoms with Crippen LogP contribution in [-0.2, 0) is 0 Å². The fourth-order valence-electron chi connectivity index (χ4n) is 3.54. The average Bonchev–Trinajstić information content (AvgIpc) is 2.23. The van der Waals surface area contributed by atoms with E-state index in [4.69, 9.17) is 11.6 Å². The van der Waals surface area contributed by atoms with Crippen molar-refractivity contribution in [1.82, 2.24) is 0 Å². The van der Waals surface area contributed by atoms with Gasteiger partial charge in [-0.25, -0.2) is 0 Å². The van der Waals surface area contributed by atoms with Gasteiger partial charge in [0.05, 0.1) is 0 Å². The van der Waals surface area contributed by atoms with Crippen molar-refractivity contribution in [2.45, 2.75) is 77.0 Å². The summed E-state index contributed by atoms with van der Waals surface area (Å²) in [5, 5.41) is 1.15. The van der Waals surface area contributed by atoms with Crippen molar-refractivity contribution in [2.24, 2.45) is 11.8 Å². The second-order valence-electron chi connectivity index (χ2n) is 5.98. The molecule has 2 aliphatic rings. The van der Waals surface area contributed by atoms with Crippen LogP contribution in [0, 0.1) is 11.8 Å². The molecule has 0 aromatic carbocycles. The van der Waals surface area contributed by atoms with Gasteiger partial charge in [0.15, 0.2) is 0 Å². The Balaban J connectivity index is 1.95. The maximum absolute atomic E-state index is 6.34. The topological polar surface area (TPSA) is 0 Å². The number of hydrogen-bond donors (Lipinski definition) is 0. The summed E-state index contributed by atoms with van der Waals surface area (Å²) in [7, 11) is 0. The minimum absolute atomic E-state index is 0.792. The Morgan fingerprint density at radius 3 is 2.12 bits per heavy atom. The van der Waals surface area contributed by atoms with Gasteiger partial charge < -0.3 is 0 Å². The first kappa shape index (κ1) is 13.5. The molecule has 98 valence electrons. The molecule has 1 atom stereocenters. The number of halogens is 1. The van der Waals surface area contributed by atoms with Gasteiger partial charge in [0.1, 0.15) is 0 Å². The van der Waals surface area contributed by atoms with Gasteiger partial charge >= 0.3 is 0 Å². The lowest BCUT2D eigenvalue weighted by Crippen LogP contribution is -2.16. The second-order valence-corrected chi connectivity index (χ2v) is 6.47. The third kappa shape index (κ3) is 4.66. The van der Waals surface area contributed by atoms with E-state index in [1.807, 2.05) is 0 Å². The van der Waals surface area contributed by atoms with Gasteiger partial charge in [-0.15, -0.1) is 0 Å². The molecule has 0 amide bonds. The van der Waals surface area contributed by atoms with Crippen molar-refractivity contribution in [2.75, 3.05) is 0 Å². The molecule has 1 heteroatoms. The summed E-state index contributed by atoms with van der Waals surface area (Å²) in [6.07, 6.45) is 19.2. The summed E-state index contributed by atoms with van der Waals surface area (Å²) in [5.41, 5.74) is 0. The Kier molecular flexibility index (Phi) is 5.91. The quantitative estimate of drug-likeness (QED) is 0.534. The molecule has 0 aliphatic heterocycles. The SMILES string of the molecule is Cl/C1=C/C(C2CCCCCCC2)CCCCC1. The molecule has 0 nitrogen and oxygen atoms in total. The highest BCUT2D eigenvalue weighted by Gasteiger charge is 2.21. The molecule has 0 bridgehead atoms. The molecule has 0 saturated heterocycles. The zero-order valence-electron chi connectivity index (χ0n) is 11.1. The van der Waals surface area contributed by atoms with E-state index >= 15 is 0 Å². The summed E-state index contributed by atoms with van der Waals surface area (Å²) in [4.78, 5) is 0. The molecule has 0 radical (unpaired) electrons. The number of hydrogen-bond acceptors (Lipinski definition) is 0. The normalized spacial score (nSPS) is 32.8. The van der Waals surface area contributed by atoms with Gasteiger partial charge in [0.25, 0.3) is 0 Å². The largest absolute Gasteiger partial charge is 0.0895 e. The lowest BCUT2D eigenvalue weighted by molar-refractivity contribution is 0.285. The van der Waals surface area contributed by atoms with Crippen molar-refractivity contribution in [1.29, 1.82) is 0 Å². The predicted molar refractivity (Wildman–Crippen MR) is 76.3 cm³/mol. The van der Waals surface area contributed by atoms with Crippen LogP contribution in [0.2, 0.25) is 0 Å². The maximum Gasteiger partial charge on any atom is 0.0144 e. The summed E-state index contributed by atoms with van der Waals surface area (Å²) in [5.74, 6) is 1.73. The molecule has 0 aromatic heterocycles. The van der Waals surface area contributed by atoms with Gasteiger partial charge in [-0.2, -0.15) is 0 Å². The molecular formula is C16H27Cl. The Hall–Kier alpha value is 0.0300. The van der Waals surface area contributed by atoms with E-state index in [-0.39, 0.29) is 0 Å². The lowest BCUT2D eigenvalue weighted by Gasteiger charge is -2.28. The lowest BCUT2D eigenvalue weighted by atomic mass is 9.78. The molecule has 17 heavy (non-hydrogen) atoms. The van der Waals surface area contributed by atoms with E-state index in [9.17, 15) is 0 Å². The first-order chi connectivity index (χ1) is 8.36. The van der Waals surface area contributed by atoms with Crippen LogP contribution in [0.25, 0.3) is 0 Å². The minimum Gasteiger partial charge on any atom is -0.0895 e. The molecule has 0 aromatic rings. The van der Waals surface area contributed by atoms with Crippen molar-refractivity contribution in [3.63, 3.8) is 0 Å². The molecule has 0 heterocycles. The van der Waals surface area contributed by atoms with Crippen LogP contribution in [0.5, 0.6) is 0 Å². The summed E-state index contributed by atoms with van der Waals surface area (Å²) in [6.45, 7) is 0. The molecule has 2 rings (SSSR count). The fourth-order valence-corrected chi connectivity index (χ4v) is 3.83. The Morgan fingerprint density at radius 2 is 1.35 bits per heavy atom. The summed E-state index contributed by atoms with van der Waals surface area (Å²) in [6, 6.07) is 0. The van der Waals surface area contributed by atoms with Crippen LogP contribution in [0.4, 0.5) is 0 Å². The maximum atomic E-state index is 6.34. The Labute approximate surface area is 112 Å². The van der Waals surface area contributed by atoms with E-state index < -0.39 is 0 Å². The van der Waals surface area contributed by atoms with Gasteiger partial charge in [-0.1, -0.05) is 62.6 Å². The highest BCUT2D eigenvalue weighted by Crippen LogP contribution is 2.35. The first-order valence-corrected chi connectivity index (χ1v) is 8.10. The van der Waals surface area contributed by atoms with E-state index in [1.165, 1.54) is 70.6 Å². The van der Waals surface area contributed by atoms with Crippen LogP contribution in [-0.4, -0.2) is 0 Å². The Bertz CT molecular complexity index is 236. The van der Waals surface area contributed by atoms with Gasteiger partial charge in [0.2, 0.25) is 0 Å². The zero-order valence-corrected chi connectivity index (χ0v) is 11.9. The molecule has 1 unspecified atom stereocenters. The van der Waals surface area contributed by atoms with Crippen LogP contribution in [0.1, 0.15) is 77.0 Å². The molecular weight excluding hydrogens is 228 g/mol. The fraction of sp³-hybridized carbons (Fsp3) is 0.875. The zero-order chi connectivity index (χ0) is 11.9. The molecule has 1 fully saturated rings. The average molecular weight is 255 g/mol. The van der Waals surface area contributed by atoms with Crippen molar-refractivity contribution in [3.8, 4) is 0 Å². The first-order valence-electron chi connectivity index (χ1n) is 7.72. The van der Waals surface area contributed by atoms with Gasteiger partial charge in [0, 0.05) is 5.03 Å². The second kappa shape index (κ2) is 7.46. The molecule has 1 saturated carbocycles. The minimum atomic E-state index is 0.792. The predicted octanol–water partition coefficient (Wildman–Crippen LogP) is 6.05. The van der Waals surface area contributed by atoms with Crippen LogP contribution < -0.4 is 0 Å². The smallest absolute Gasteiger partial charge is 0.0144 e. The number of allylic oxidation sites excluding steroid dienone is 2. The van der Waals surface area contributed by atoms with Crippen LogP contribution in [0.15, 0.2) is 11.1 Å². The van der Waals surface area contributed by atoms with Crippen molar-refractivity contribution < 1.29 is 0 Å². The molecule has 0 N–H and O–H groups in total. The van der Waals surface area contributed by atoms with E-state index in [0.29, 0.717) is 0 Å². The van der Waals surface area contributed by atoms with Crippen LogP contribution in [0.3, 0.4) is 0 Å². The van der Waals surface area contributed by atoms with Gasteiger partial charge in [-0.3, -0.25) is 0 Å². The summed E-state index contributed by atoms with van der Waals surface area (Å²) < 4.78 is 0. The molecule has 0 spiro atoms. The Morgan fingerprint density at radius 1 is 0.765 bits per heavy atom. The summed E-state index contributed by atoms with van der Waals surface area (Å²) >= 11 is 6.34. The number of rotatable bonds is 1. The van der Waals surface area contributed by atoms with E-state index in [0.717, 1.165) is 23.3 Å². The standard InChI is InChI=1S/C16H27Cl/c17-16-12-8-4-7-11-15(13-16)14-9-5-2-1-3-6-10-14/h13-15H,1-12H2/b16-13+.